The van der Waals surface area contributed by atoms with Gasteiger partial charge in [0.15, 0.2) is 0 Å². The molecule has 0 fully saturated rings. The second-order valence-corrected chi connectivity index (χ2v) is 5.54. The first-order valence-corrected chi connectivity index (χ1v) is 6.66. The molecule has 1 aromatic rings. The summed E-state index contributed by atoms with van der Waals surface area (Å²) in [5, 5.41) is 0. The number of hydrogen-bond acceptors (Lipinski definition) is 2. The van der Waals surface area contributed by atoms with Gasteiger partial charge >= 0.3 is 0 Å². The van der Waals surface area contributed by atoms with Crippen LogP contribution in [0.3, 0.4) is 0 Å². The minimum absolute atomic E-state index is 0.138. The van der Waals surface area contributed by atoms with Gasteiger partial charge in [-0.05, 0) is 40.5 Å². The number of rotatable bonds is 4. The van der Waals surface area contributed by atoms with E-state index in [0.717, 1.165) is 15.8 Å². The van der Waals surface area contributed by atoms with Gasteiger partial charge in [-0.2, -0.15) is 0 Å². The highest BCUT2D eigenvalue weighted by Crippen LogP contribution is 2.31. The molecule has 0 spiro atoms. The fraction of sp³-hybridized carbons (Fsp3) is 0.417. The minimum Gasteiger partial charge on any atom is -0.496 e. The summed E-state index contributed by atoms with van der Waals surface area (Å²) in [6, 6.07) is 5.86. The quantitative estimate of drug-likeness (QED) is 0.770. The predicted octanol–water partition coefficient (Wildman–Crippen LogP) is 3.91. The molecule has 2 unspecified atom stereocenters. The number of Topliss-reactive ketones (excluding diaryl/α,β-unsaturated/α-hetero) is 1. The van der Waals surface area contributed by atoms with Gasteiger partial charge in [0.1, 0.15) is 11.5 Å². The molecule has 0 aliphatic carbocycles. The number of benzene rings is 1. The van der Waals surface area contributed by atoms with Crippen molar-refractivity contribution in [3.63, 3.8) is 0 Å². The van der Waals surface area contributed by atoms with Crippen LogP contribution >= 0.6 is 31.9 Å². The van der Waals surface area contributed by atoms with Gasteiger partial charge in [0.2, 0.25) is 0 Å². The summed E-state index contributed by atoms with van der Waals surface area (Å²) in [7, 11) is 1.63. The van der Waals surface area contributed by atoms with E-state index in [4.69, 9.17) is 4.74 Å². The molecule has 0 bridgehead atoms. The van der Waals surface area contributed by atoms with Gasteiger partial charge in [-0.15, -0.1) is 0 Å². The van der Waals surface area contributed by atoms with Gasteiger partial charge in [-0.25, -0.2) is 0 Å². The fourth-order valence-corrected chi connectivity index (χ4v) is 2.35. The van der Waals surface area contributed by atoms with Gasteiger partial charge in [-0.1, -0.05) is 28.9 Å². The van der Waals surface area contributed by atoms with Gasteiger partial charge < -0.3 is 4.74 Å². The molecular weight excluding hydrogens is 336 g/mol. The summed E-state index contributed by atoms with van der Waals surface area (Å²) < 4.78 is 6.07. The molecule has 0 saturated carbocycles. The van der Waals surface area contributed by atoms with E-state index in [1.54, 1.807) is 14.0 Å². The number of hydrogen-bond donors (Lipinski definition) is 0. The number of carbonyl (C=O) groups excluding carboxylic acids is 1. The zero-order chi connectivity index (χ0) is 12.3. The van der Waals surface area contributed by atoms with Crippen molar-refractivity contribution in [2.24, 2.45) is 0 Å². The number of halogens is 2. The Morgan fingerprint density at radius 1 is 1.44 bits per heavy atom. The highest BCUT2D eigenvalue weighted by atomic mass is 79.9. The molecule has 0 aromatic heterocycles. The predicted molar refractivity (Wildman–Crippen MR) is 72.5 cm³/mol. The molecular formula is C12H14Br2O2. The molecule has 0 heterocycles. The van der Waals surface area contributed by atoms with Crippen LogP contribution in [0.5, 0.6) is 5.75 Å². The topological polar surface area (TPSA) is 26.3 Å². The van der Waals surface area contributed by atoms with E-state index in [1.165, 1.54) is 0 Å². The van der Waals surface area contributed by atoms with Crippen molar-refractivity contribution in [2.45, 2.75) is 24.6 Å². The Morgan fingerprint density at radius 2 is 2.06 bits per heavy atom. The van der Waals surface area contributed by atoms with Crippen LogP contribution in [0.25, 0.3) is 0 Å². The maximum atomic E-state index is 11.3. The minimum atomic E-state index is -0.146. The highest BCUT2D eigenvalue weighted by molar-refractivity contribution is 9.10. The van der Waals surface area contributed by atoms with E-state index in [0.29, 0.717) is 0 Å². The molecule has 0 N–H and O–H groups in total. The van der Waals surface area contributed by atoms with Crippen molar-refractivity contribution in [1.29, 1.82) is 0 Å². The third kappa shape index (κ3) is 3.08. The van der Waals surface area contributed by atoms with Gasteiger partial charge in [-0.3, -0.25) is 4.79 Å². The van der Waals surface area contributed by atoms with Gasteiger partial charge in [0, 0.05) is 5.92 Å². The maximum Gasteiger partial charge on any atom is 0.144 e. The number of methoxy groups -OCH3 is 1. The van der Waals surface area contributed by atoms with E-state index < -0.39 is 0 Å². The normalized spacial score (nSPS) is 14.3. The summed E-state index contributed by atoms with van der Waals surface area (Å²) in [5.41, 5.74) is 1.10. The van der Waals surface area contributed by atoms with Crippen LogP contribution in [-0.2, 0) is 4.79 Å². The van der Waals surface area contributed by atoms with Crippen LogP contribution in [0.15, 0.2) is 22.7 Å². The fourth-order valence-electron chi connectivity index (χ4n) is 1.49. The average molecular weight is 350 g/mol. The lowest BCUT2D eigenvalue weighted by molar-refractivity contribution is -0.116. The van der Waals surface area contributed by atoms with Gasteiger partial charge in [0.05, 0.1) is 16.4 Å². The molecule has 0 saturated heterocycles. The molecule has 16 heavy (non-hydrogen) atoms. The lowest BCUT2D eigenvalue weighted by Gasteiger charge is -2.17. The zero-order valence-corrected chi connectivity index (χ0v) is 12.6. The first-order chi connectivity index (χ1) is 7.47. The Bertz CT molecular complexity index is 391. The molecule has 2 atom stereocenters. The molecule has 88 valence electrons. The van der Waals surface area contributed by atoms with E-state index in [9.17, 15) is 4.79 Å². The first-order valence-electron chi connectivity index (χ1n) is 4.95. The molecule has 0 radical (unpaired) electrons. The van der Waals surface area contributed by atoms with Crippen LogP contribution < -0.4 is 4.74 Å². The third-order valence-corrected chi connectivity index (χ3v) is 4.59. The molecule has 0 amide bonds. The van der Waals surface area contributed by atoms with E-state index in [-0.39, 0.29) is 16.5 Å². The Kier molecular flexibility index (Phi) is 4.99. The SMILES string of the molecule is COc1ccc(C(C)C(Br)C(C)=O)cc1Br. The third-order valence-electron chi connectivity index (χ3n) is 2.53. The van der Waals surface area contributed by atoms with Gasteiger partial charge in [0.25, 0.3) is 0 Å². The van der Waals surface area contributed by atoms with Crippen molar-refractivity contribution in [1.82, 2.24) is 0 Å². The second-order valence-electron chi connectivity index (χ2n) is 3.70. The van der Waals surface area contributed by atoms with Crippen LogP contribution in [0, 0.1) is 0 Å². The van der Waals surface area contributed by atoms with Crippen LogP contribution in [0.4, 0.5) is 0 Å². The Labute approximate surface area is 113 Å². The van der Waals surface area contributed by atoms with Crippen molar-refractivity contribution < 1.29 is 9.53 Å². The number of carbonyl (C=O) groups is 1. The Morgan fingerprint density at radius 3 is 2.50 bits per heavy atom. The van der Waals surface area contributed by atoms with Crippen molar-refractivity contribution in [3.8, 4) is 5.75 Å². The summed E-state index contributed by atoms with van der Waals surface area (Å²) in [5.74, 6) is 1.07. The van der Waals surface area contributed by atoms with Crippen LogP contribution in [0.1, 0.15) is 25.3 Å². The molecule has 1 aromatic carbocycles. The number of alkyl halides is 1. The molecule has 4 heteroatoms. The van der Waals surface area contributed by atoms with Crippen molar-refractivity contribution >= 4 is 37.6 Å². The smallest absolute Gasteiger partial charge is 0.144 e. The monoisotopic (exact) mass is 348 g/mol. The average Bonchev–Trinajstić information content (AvgIpc) is 2.26. The van der Waals surface area contributed by atoms with E-state index >= 15 is 0 Å². The van der Waals surface area contributed by atoms with Crippen LogP contribution in [0.2, 0.25) is 0 Å². The largest absolute Gasteiger partial charge is 0.496 e. The second kappa shape index (κ2) is 5.82. The first kappa shape index (κ1) is 13.7. The van der Waals surface area contributed by atoms with Crippen molar-refractivity contribution in [3.05, 3.63) is 28.2 Å². The standard InChI is InChI=1S/C12H14Br2O2/c1-7(12(14)8(2)15)9-4-5-11(16-3)10(13)6-9/h4-7,12H,1-3H3. The van der Waals surface area contributed by atoms with Crippen LogP contribution in [-0.4, -0.2) is 17.7 Å². The van der Waals surface area contributed by atoms with Crippen molar-refractivity contribution in [2.75, 3.05) is 7.11 Å². The Hall–Kier alpha value is -0.350. The molecule has 2 nitrogen and oxygen atoms in total. The molecule has 0 aliphatic rings. The number of ether oxygens (including phenoxy) is 1. The molecule has 0 aliphatic heterocycles. The van der Waals surface area contributed by atoms with E-state index in [1.807, 2.05) is 25.1 Å². The summed E-state index contributed by atoms with van der Waals surface area (Å²) in [4.78, 5) is 11.1. The van der Waals surface area contributed by atoms with E-state index in [2.05, 4.69) is 31.9 Å². The lowest BCUT2D eigenvalue weighted by Crippen LogP contribution is -2.17. The summed E-state index contributed by atoms with van der Waals surface area (Å²) in [6.45, 7) is 3.61. The lowest BCUT2D eigenvalue weighted by atomic mass is 9.96. The number of ketones is 1. The highest BCUT2D eigenvalue weighted by Gasteiger charge is 2.20. The Balaban J connectivity index is 2.97. The zero-order valence-electron chi connectivity index (χ0n) is 9.46. The molecule has 1 rings (SSSR count). The maximum absolute atomic E-state index is 11.3. The summed E-state index contributed by atoms with van der Waals surface area (Å²) in [6.07, 6.45) is 0. The summed E-state index contributed by atoms with van der Waals surface area (Å²) >= 11 is 6.84.